The summed E-state index contributed by atoms with van der Waals surface area (Å²) >= 11 is 0.688. The van der Waals surface area contributed by atoms with Crippen molar-refractivity contribution in [1.29, 1.82) is 0 Å². The van der Waals surface area contributed by atoms with Gasteiger partial charge in [0.2, 0.25) is 0 Å². The highest BCUT2D eigenvalue weighted by Gasteiger charge is 2.63. The molecule has 0 fully saturated rings. The molecule has 0 radical (unpaired) electrons. The quantitative estimate of drug-likeness (QED) is 0.350. The number of esters is 1. The van der Waals surface area contributed by atoms with Gasteiger partial charge in [0.1, 0.15) is 4.88 Å². The molecule has 1 amide bonds. The average Bonchev–Trinajstić information content (AvgIpc) is 2.96. The minimum Gasteiger partial charge on any atom is -0.465 e. The molecule has 1 aromatic carbocycles. The Morgan fingerprint density at radius 2 is 1.85 bits per heavy atom. The first-order chi connectivity index (χ1) is 12.5. The number of carbonyl (C=O) groups is 2. The van der Waals surface area contributed by atoms with Crippen LogP contribution in [0.3, 0.4) is 0 Å². The normalized spacial score (nSPS) is 13.9. The minimum atomic E-state index is -5.71. The molecule has 8 nitrogen and oxygen atoms in total. The van der Waals surface area contributed by atoms with Crippen molar-refractivity contribution in [1.82, 2.24) is 0 Å². The maximum Gasteiger partial charge on any atom is 0.458 e. The number of thiophene rings is 1. The van der Waals surface area contributed by atoms with Crippen LogP contribution in [0.25, 0.3) is 10.1 Å². The van der Waals surface area contributed by atoms with Crippen molar-refractivity contribution in [3.8, 4) is 0 Å². The lowest BCUT2D eigenvalue weighted by atomic mass is 10.2. The first kappa shape index (κ1) is 20.5. The molecule has 0 aliphatic carbocycles. The number of nitrogens with one attached hydrogen (secondary N) is 1. The summed E-state index contributed by atoms with van der Waals surface area (Å²) in [4.78, 5) is 33.6. The molecule has 0 saturated carbocycles. The SMILES string of the molecule is COC(=O)c1sc2ccc([N+](=O)[O-])cc2c1NC(=O)[C@](F)(OC)C(F)(F)F. The summed E-state index contributed by atoms with van der Waals surface area (Å²) in [5, 5.41) is 12.4. The van der Waals surface area contributed by atoms with Crippen molar-refractivity contribution in [3.05, 3.63) is 33.2 Å². The van der Waals surface area contributed by atoms with Gasteiger partial charge in [-0.05, 0) is 6.07 Å². The highest BCUT2D eigenvalue weighted by Crippen LogP contribution is 2.41. The summed E-state index contributed by atoms with van der Waals surface area (Å²) < 4.78 is 61.0. The van der Waals surface area contributed by atoms with E-state index in [2.05, 4.69) is 9.47 Å². The number of fused-ring (bicyclic) bond motifs is 1. The molecule has 1 aromatic heterocycles. The van der Waals surface area contributed by atoms with Crippen LogP contribution in [0.15, 0.2) is 18.2 Å². The molecule has 1 N–H and O–H groups in total. The van der Waals surface area contributed by atoms with Crippen LogP contribution in [0, 0.1) is 10.1 Å². The predicted octanol–water partition coefficient (Wildman–Crippen LogP) is 3.41. The van der Waals surface area contributed by atoms with Crippen LogP contribution >= 0.6 is 11.3 Å². The van der Waals surface area contributed by atoms with Crippen LogP contribution in [0.1, 0.15) is 9.67 Å². The van der Waals surface area contributed by atoms with Crippen molar-refractivity contribution in [3.63, 3.8) is 0 Å². The van der Waals surface area contributed by atoms with Crippen LogP contribution in [0.5, 0.6) is 0 Å². The van der Waals surface area contributed by atoms with Crippen LogP contribution in [-0.4, -0.2) is 43.1 Å². The number of nitro benzene ring substituents is 1. The van der Waals surface area contributed by atoms with Gasteiger partial charge in [0.05, 0.1) is 17.7 Å². The third kappa shape index (κ3) is 3.55. The van der Waals surface area contributed by atoms with Gasteiger partial charge in [0.15, 0.2) is 0 Å². The van der Waals surface area contributed by atoms with E-state index in [0.717, 1.165) is 19.2 Å². The van der Waals surface area contributed by atoms with Crippen molar-refractivity contribution in [2.75, 3.05) is 19.5 Å². The molecule has 0 unspecified atom stereocenters. The van der Waals surface area contributed by atoms with E-state index < -0.39 is 40.2 Å². The Balaban J connectivity index is 2.64. The molecule has 0 saturated heterocycles. The highest BCUT2D eigenvalue weighted by atomic mass is 32.1. The fraction of sp³-hybridized carbons (Fsp3) is 0.286. The maximum atomic E-state index is 14.1. The monoisotopic (exact) mass is 410 g/mol. The van der Waals surface area contributed by atoms with E-state index in [-0.39, 0.29) is 15.0 Å². The zero-order chi connectivity index (χ0) is 20.6. The first-order valence-electron chi connectivity index (χ1n) is 6.87. The van der Waals surface area contributed by atoms with Crippen LogP contribution < -0.4 is 5.32 Å². The minimum absolute atomic E-state index is 0.136. The van der Waals surface area contributed by atoms with Gasteiger partial charge in [0.25, 0.3) is 11.6 Å². The number of ether oxygens (including phenoxy) is 2. The first-order valence-corrected chi connectivity index (χ1v) is 7.69. The van der Waals surface area contributed by atoms with Gasteiger partial charge in [-0.15, -0.1) is 11.3 Å². The Hall–Kier alpha value is -2.80. The van der Waals surface area contributed by atoms with Gasteiger partial charge in [0, 0.05) is 29.3 Å². The molecule has 0 aliphatic heterocycles. The number of methoxy groups -OCH3 is 2. The molecule has 0 spiro atoms. The number of halogens is 4. The number of benzene rings is 1. The molecule has 2 aromatic rings. The van der Waals surface area contributed by atoms with Crippen LogP contribution in [-0.2, 0) is 14.3 Å². The number of non-ortho nitro benzene ring substituents is 1. The lowest BCUT2D eigenvalue weighted by Crippen LogP contribution is -2.52. The number of nitrogens with zero attached hydrogens (tertiary/aromatic N) is 1. The number of hydrogen-bond acceptors (Lipinski definition) is 7. The summed E-state index contributed by atoms with van der Waals surface area (Å²) in [6.45, 7) is 0. The zero-order valence-electron chi connectivity index (χ0n) is 13.5. The summed E-state index contributed by atoms with van der Waals surface area (Å²) in [6, 6.07) is 3.24. The third-order valence-corrected chi connectivity index (χ3v) is 4.58. The molecule has 1 atom stereocenters. The van der Waals surface area contributed by atoms with Crippen molar-refractivity contribution in [2.24, 2.45) is 0 Å². The standard InChI is InChI=1S/C14H10F4N2O6S/c1-25-11(21)10-9(19-12(22)13(15,26-2)14(16,17)18)7-5-6(20(23)24)3-4-8(7)27-10/h3-5H,1-2H3,(H,19,22)/t13-/m0/s1. The molecule has 27 heavy (non-hydrogen) atoms. The molecule has 1 heterocycles. The van der Waals surface area contributed by atoms with Crippen LogP contribution in [0.4, 0.5) is 28.9 Å². The molecule has 146 valence electrons. The van der Waals surface area contributed by atoms with Gasteiger partial charge in [-0.1, -0.05) is 0 Å². The summed E-state index contributed by atoms with van der Waals surface area (Å²) in [5.41, 5.74) is -1.01. The number of alkyl halides is 4. The largest absolute Gasteiger partial charge is 0.465 e. The highest BCUT2D eigenvalue weighted by molar-refractivity contribution is 7.21. The van der Waals surface area contributed by atoms with E-state index in [9.17, 15) is 37.3 Å². The van der Waals surface area contributed by atoms with E-state index in [1.165, 1.54) is 6.07 Å². The van der Waals surface area contributed by atoms with E-state index in [1.807, 2.05) is 0 Å². The van der Waals surface area contributed by atoms with Gasteiger partial charge in [-0.25, -0.2) is 4.79 Å². The second kappa shape index (κ2) is 7.08. The van der Waals surface area contributed by atoms with E-state index >= 15 is 0 Å². The number of carbonyl (C=O) groups excluding carboxylic acids is 2. The Kier molecular flexibility index (Phi) is 5.37. The van der Waals surface area contributed by atoms with Gasteiger partial charge >= 0.3 is 18.0 Å². The lowest BCUT2D eigenvalue weighted by molar-refractivity contribution is -0.384. The smallest absolute Gasteiger partial charge is 0.458 e. The fourth-order valence-electron chi connectivity index (χ4n) is 2.09. The van der Waals surface area contributed by atoms with E-state index in [1.54, 1.807) is 5.32 Å². The molecular weight excluding hydrogens is 400 g/mol. The summed E-state index contributed by atoms with van der Waals surface area (Å²) in [6.07, 6.45) is -5.71. The van der Waals surface area contributed by atoms with Crippen LogP contribution in [0.2, 0.25) is 0 Å². The van der Waals surface area contributed by atoms with Crippen molar-refractivity contribution in [2.45, 2.75) is 12.0 Å². The third-order valence-electron chi connectivity index (χ3n) is 3.43. The van der Waals surface area contributed by atoms with Gasteiger partial charge < -0.3 is 14.8 Å². The fourth-order valence-corrected chi connectivity index (χ4v) is 3.15. The number of rotatable bonds is 5. The Bertz CT molecular complexity index is 928. The van der Waals surface area contributed by atoms with Crippen molar-refractivity contribution >= 4 is 44.7 Å². The molecule has 13 heteroatoms. The average molecular weight is 410 g/mol. The molecule has 0 aliphatic rings. The topological polar surface area (TPSA) is 108 Å². The summed E-state index contributed by atoms with van der Waals surface area (Å²) in [5.74, 6) is -7.99. The van der Waals surface area contributed by atoms with Gasteiger partial charge in [-0.2, -0.15) is 17.6 Å². The van der Waals surface area contributed by atoms with Crippen molar-refractivity contribution < 1.29 is 41.5 Å². The molecular formula is C14H10F4N2O6S. The Labute approximate surface area is 151 Å². The second-order valence-electron chi connectivity index (χ2n) is 4.99. The maximum absolute atomic E-state index is 14.1. The zero-order valence-corrected chi connectivity index (χ0v) is 14.4. The molecule has 0 bridgehead atoms. The Morgan fingerprint density at radius 1 is 1.22 bits per heavy atom. The predicted molar refractivity (Wildman–Crippen MR) is 85.4 cm³/mol. The Morgan fingerprint density at radius 3 is 2.33 bits per heavy atom. The second-order valence-corrected chi connectivity index (χ2v) is 6.04. The number of hydrogen-bond donors (Lipinski definition) is 1. The lowest BCUT2D eigenvalue weighted by Gasteiger charge is -2.24. The molecule has 2 rings (SSSR count). The van der Waals surface area contributed by atoms with Gasteiger partial charge in [-0.3, -0.25) is 14.9 Å². The number of amides is 1. The number of anilines is 1. The van der Waals surface area contributed by atoms with E-state index in [4.69, 9.17) is 0 Å². The number of nitro groups is 1. The van der Waals surface area contributed by atoms with E-state index in [0.29, 0.717) is 18.4 Å². The summed E-state index contributed by atoms with van der Waals surface area (Å²) in [7, 11) is 1.32.